The first-order valence-electron chi connectivity index (χ1n) is 2.64. The Bertz CT molecular complexity index is 166. The van der Waals surface area contributed by atoms with E-state index >= 15 is 0 Å². The number of carboxylic acid groups (broad SMARTS) is 1. The van der Waals surface area contributed by atoms with E-state index in [2.05, 4.69) is 0 Å². The minimum absolute atomic E-state index is 0.111. The lowest BCUT2D eigenvalue weighted by Crippen LogP contribution is -2.05. The first-order valence-corrected chi connectivity index (χ1v) is 2.64. The van der Waals surface area contributed by atoms with Crippen LogP contribution in [-0.4, -0.2) is 22.9 Å². The highest BCUT2D eigenvalue weighted by atomic mass is 16.4. The Morgan fingerprint density at radius 3 is 2.33 bits per heavy atom. The van der Waals surface area contributed by atoms with Crippen molar-refractivity contribution in [2.45, 2.75) is 12.5 Å². The van der Waals surface area contributed by atoms with Gasteiger partial charge in [-0.15, -0.1) is 0 Å². The lowest BCUT2D eigenvalue weighted by molar-refractivity contribution is -0.138. The zero-order valence-corrected chi connectivity index (χ0v) is 4.70. The molecule has 1 aliphatic carbocycles. The van der Waals surface area contributed by atoms with Crippen LogP contribution in [0, 0.1) is 5.92 Å². The Morgan fingerprint density at radius 1 is 1.78 bits per heavy atom. The molecular weight excluding hydrogens is 122 g/mol. The number of hydrogen-bond donors (Lipinski definition) is 2. The van der Waals surface area contributed by atoms with Gasteiger partial charge in [0.25, 0.3) is 0 Å². The molecule has 50 valence electrons. The first kappa shape index (κ1) is 6.22. The fourth-order valence-corrected chi connectivity index (χ4v) is 0.729. The second kappa shape index (κ2) is 1.80. The van der Waals surface area contributed by atoms with Crippen molar-refractivity contribution in [1.29, 1.82) is 0 Å². The van der Waals surface area contributed by atoms with Crippen LogP contribution < -0.4 is 5.73 Å². The van der Waals surface area contributed by atoms with Gasteiger partial charge in [0.1, 0.15) is 0 Å². The van der Waals surface area contributed by atoms with Crippen molar-refractivity contribution in [2.24, 2.45) is 11.7 Å². The van der Waals surface area contributed by atoms with Gasteiger partial charge in [-0.2, -0.15) is 0 Å². The smallest absolute Gasteiger partial charge is 0.304 e. The Labute approximate surface area is 51.7 Å². The Balaban J connectivity index is 2.34. The van der Waals surface area contributed by atoms with Gasteiger partial charge in [0.15, 0.2) is 5.78 Å². The quantitative estimate of drug-likeness (QED) is 0.500. The number of carboxylic acids is 1. The molecule has 2 unspecified atom stereocenters. The fraction of sp³-hybridized carbons (Fsp3) is 0.600. The standard InChI is InChI=1S/C5H7NO3/c6-4-2(5(4)9)1-3(7)8/h2,4H,1,6H2,(H,7,8). The highest BCUT2D eigenvalue weighted by molar-refractivity contribution is 6.04. The molecule has 0 aromatic carbocycles. The summed E-state index contributed by atoms with van der Waals surface area (Å²) in [6.45, 7) is 0. The molecule has 0 bridgehead atoms. The van der Waals surface area contributed by atoms with Crippen molar-refractivity contribution in [2.75, 3.05) is 0 Å². The number of rotatable bonds is 2. The topological polar surface area (TPSA) is 80.4 Å². The van der Waals surface area contributed by atoms with Crippen molar-refractivity contribution >= 4 is 11.8 Å². The minimum Gasteiger partial charge on any atom is -0.481 e. The second-order valence-electron chi connectivity index (χ2n) is 2.13. The average Bonchev–Trinajstić information content (AvgIpc) is 2.22. The van der Waals surface area contributed by atoms with Gasteiger partial charge in [0.2, 0.25) is 0 Å². The third kappa shape index (κ3) is 1.08. The number of aliphatic carboxylic acids is 1. The number of carbonyl (C=O) groups excluding carboxylic acids is 1. The van der Waals surface area contributed by atoms with E-state index in [0.29, 0.717) is 0 Å². The van der Waals surface area contributed by atoms with Gasteiger partial charge in [-0.25, -0.2) is 0 Å². The molecule has 0 saturated heterocycles. The summed E-state index contributed by atoms with van der Waals surface area (Å²) in [5.41, 5.74) is 5.15. The normalized spacial score (nSPS) is 32.3. The van der Waals surface area contributed by atoms with Crippen LogP contribution in [0.5, 0.6) is 0 Å². The monoisotopic (exact) mass is 129 g/mol. The molecular formula is C5H7NO3. The fourth-order valence-electron chi connectivity index (χ4n) is 0.729. The SMILES string of the molecule is NC1C(=O)C1CC(=O)O. The van der Waals surface area contributed by atoms with Crippen LogP contribution in [-0.2, 0) is 9.59 Å². The molecule has 0 spiro atoms. The molecule has 1 fully saturated rings. The van der Waals surface area contributed by atoms with E-state index in [1.165, 1.54) is 0 Å². The van der Waals surface area contributed by atoms with Crippen LogP contribution in [0.2, 0.25) is 0 Å². The van der Waals surface area contributed by atoms with Crippen molar-refractivity contribution in [3.63, 3.8) is 0 Å². The molecule has 0 aromatic rings. The highest BCUT2D eigenvalue weighted by Crippen LogP contribution is 2.25. The second-order valence-corrected chi connectivity index (χ2v) is 2.13. The van der Waals surface area contributed by atoms with Gasteiger partial charge >= 0.3 is 5.97 Å². The van der Waals surface area contributed by atoms with Gasteiger partial charge < -0.3 is 10.8 Å². The summed E-state index contributed by atoms with van der Waals surface area (Å²) < 4.78 is 0. The molecule has 0 aromatic heterocycles. The Morgan fingerprint density at radius 2 is 2.22 bits per heavy atom. The largest absolute Gasteiger partial charge is 0.481 e. The summed E-state index contributed by atoms with van der Waals surface area (Å²) in [6.07, 6.45) is -0.111. The van der Waals surface area contributed by atoms with Crippen LogP contribution in [0.4, 0.5) is 0 Å². The molecule has 0 heterocycles. The number of hydrogen-bond acceptors (Lipinski definition) is 3. The van der Waals surface area contributed by atoms with Gasteiger partial charge in [-0.1, -0.05) is 0 Å². The summed E-state index contributed by atoms with van der Waals surface area (Å²) in [5.74, 6) is -1.48. The molecule has 1 saturated carbocycles. The summed E-state index contributed by atoms with van der Waals surface area (Å²) in [7, 11) is 0. The molecule has 0 amide bonds. The maximum atomic E-state index is 10.4. The highest BCUT2D eigenvalue weighted by Gasteiger charge is 2.47. The minimum atomic E-state index is -0.957. The maximum Gasteiger partial charge on any atom is 0.304 e. The molecule has 1 rings (SSSR count). The molecule has 4 nitrogen and oxygen atoms in total. The molecule has 2 atom stereocenters. The van der Waals surface area contributed by atoms with Gasteiger partial charge in [0.05, 0.1) is 18.4 Å². The van der Waals surface area contributed by atoms with Crippen LogP contribution in [0.3, 0.4) is 0 Å². The summed E-state index contributed by atoms with van der Waals surface area (Å²) in [6, 6.07) is -0.499. The predicted octanol–water partition coefficient (Wildman–Crippen LogP) is -1.01. The maximum absolute atomic E-state index is 10.4. The van der Waals surface area contributed by atoms with E-state index in [9.17, 15) is 9.59 Å². The van der Waals surface area contributed by atoms with Crippen LogP contribution in [0.1, 0.15) is 6.42 Å². The summed E-state index contributed by atoms with van der Waals surface area (Å²) >= 11 is 0. The van der Waals surface area contributed by atoms with E-state index in [4.69, 9.17) is 10.8 Å². The summed E-state index contributed by atoms with van der Waals surface area (Å²) in [5, 5.41) is 8.15. The van der Waals surface area contributed by atoms with Crippen LogP contribution in [0.15, 0.2) is 0 Å². The van der Waals surface area contributed by atoms with Crippen LogP contribution in [0.25, 0.3) is 0 Å². The van der Waals surface area contributed by atoms with Gasteiger partial charge in [0, 0.05) is 0 Å². The summed E-state index contributed by atoms with van der Waals surface area (Å²) in [4.78, 5) is 20.3. The number of ketones is 1. The molecule has 0 aliphatic heterocycles. The molecule has 4 heteroatoms. The van der Waals surface area contributed by atoms with E-state index in [1.807, 2.05) is 0 Å². The van der Waals surface area contributed by atoms with Crippen molar-refractivity contribution < 1.29 is 14.7 Å². The number of carbonyl (C=O) groups is 2. The van der Waals surface area contributed by atoms with Crippen molar-refractivity contribution in [1.82, 2.24) is 0 Å². The lowest BCUT2D eigenvalue weighted by atomic mass is 10.3. The Kier molecular flexibility index (Phi) is 1.25. The van der Waals surface area contributed by atoms with Crippen molar-refractivity contribution in [3.05, 3.63) is 0 Å². The third-order valence-electron chi connectivity index (χ3n) is 1.41. The van der Waals surface area contributed by atoms with Crippen molar-refractivity contribution in [3.8, 4) is 0 Å². The number of Topliss-reactive ketones (excluding diaryl/α,β-unsaturated/α-hetero) is 1. The lowest BCUT2D eigenvalue weighted by Gasteiger charge is -1.83. The van der Waals surface area contributed by atoms with E-state index < -0.39 is 17.9 Å². The van der Waals surface area contributed by atoms with E-state index in [1.54, 1.807) is 0 Å². The van der Waals surface area contributed by atoms with Gasteiger partial charge in [-0.3, -0.25) is 9.59 Å². The molecule has 3 N–H and O–H groups in total. The molecule has 9 heavy (non-hydrogen) atoms. The van der Waals surface area contributed by atoms with E-state index in [0.717, 1.165) is 0 Å². The van der Waals surface area contributed by atoms with Gasteiger partial charge in [-0.05, 0) is 0 Å². The average molecular weight is 129 g/mol. The number of nitrogens with two attached hydrogens (primary N) is 1. The predicted molar refractivity (Wildman–Crippen MR) is 28.7 cm³/mol. The zero-order chi connectivity index (χ0) is 7.02. The Hall–Kier alpha value is -0.900. The first-order chi connectivity index (χ1) is 4.13. The zero-order valence-electron chi connectivity index (χ0n) is 4.70. The molecule has 1 aliphatic rings. The molecule has 0 radical (unpaired) electrons. The van der Waals surface area contributed by atoms with E-state index in [-0.39, 0.29) is 12.2 Å². The third-order valence-corrected chi connectivity index (χ3v) is 1.41. The van der Waals surface area contributed by atoms with Crippen LogP contribution >= 0.6 is 0 Å².